The molecule has 92 valence electrons. The predicted octanol–water partition coefficient (Wildman–Crippen LogP) is 2.95. The van der Waals surface area contributed by atoms with Crippen molar-refractivity contribution in [3.8, 4) is 0 Å². The van der Waals surface area contributed by atoms with Crippen LogP contribution < -0.4 is 5.73 Å². The Balaban J connectivity index is 1.72. The van der Waals surface area contributed by atoms with Gasteiger partial charge in [-0.25, -0.2) is 0 Å². The second-order valence-corrected chi connectivity index (χ2v) is 4.81. The molecule has 2 unspecified atom stereocenters. The third-order valence-corrected chi connectivity index (χ3v) is 3.25. The SMILES string of the molecule is CC1CC1c1noc(/C=C/c2ccc(N)cc2)n1. The van der Waals surface area contributed by atoms with E-state index < -0.39 is 0 Å². The van der Waals surface area contributed by atoms with Crippen molar-refractivity contribution in [2.45, 2.75) is 19.3 Å². The maximum absolute atomic E-state index is 5.63. The van der Waals surface area contributed by atoms with E-state index in [0.717, 1.165) is 17.1 Å². The molecule has 2 atom stereocenters. The molecule has 1 aliphatic rings. The molecule has 4 heteroatoms. The lowest BCUT2D eigenvalue weighted by atomic mass is 10.2. The van der Waals surface area contributed by atoms with Gasteiger partial charge in [0.2, 0.25) is 0 Å². The highest BCUT2D eigenvalue weighted by molar-refractivity contribution is 5.66. The average Bonchev–Trinajstić information content (AvgIpc) is 2.92. The van der Waals surface area contributed by atoms with E-state index in [-0.39, 0.29) is 0 Å². The Bertz CT molecular complexity index is 571. The molecular formula is C14H15N3O. The molecule has 1 fully saturated rings. The molecular weight excluding hydrogens is 226 g/mol. The Kier molecular flexibility index (Phi) is 2.63. The van der Waals surface area contributed by atoms with Crippen LogP contribution in [0.4, 0.5) is 5.69 Å². The minimum atomic E-state index is 0.493. The maximum Gasteiger partial charge on any atom is 0.250 e. The lowest BCUT2D eigenvalue weighted by molar-refractivity contribution is 0.402. The zero-order valence-electron chi connectivity index (χ0n) is 10.2. The van der Waals surface area contributed by atoms with E-state index in [0.29, 0.717) is 17.7 Å². The molecule has 1 heterocycles. The Morgan fingerprint density at radius 3 is 2.67 bits per heavy atom. The molecule has 4 nitrogen and oxygen atoms in total. The van der Waals surface area contributed by atoms with Gasteiger partial charge in [0.1, 0.15) is 0 Å². The maximum atomic E-state index is 5.63. The summed E-state index contributed by atoms with van der Waals surface area (Å²) in [5.41, 5.74) is 7.44. The standard InChI is InChI=1S/C14H15N3O/c1-9-8-12(9)14-16-13(18-17-14)7-4-10-2-5-11(15)6-3-10/h2-7,9,12H,8,15H2,1H3/b7-4+. The largest absolute Gasteiger partial charge is 0.399 e. The zero-order chi connectivity index (χ0) is 12.5. The summed E-state index contributed by atoms with van der Waals surface area (Å²) in [6.45, 7) is 2.20. The quantitative estimate of drug-likeness (QED) is 0.839. The average molecular weight is 241 g/mol. The molecule has 0 spiro atoms. The van der Waals surface area contributed by atoms with Gasteiger partial charge in [0, 0.05) is 17.7 Å². The summed E-state index contributed by atoms with van der Waals surface area (Å²) in [6.07, 6.45) is 4.93. The highest BCUT2D eigenvalue weighted by Crippen LogP contribution is 2.45. The van der Waals surface area contributed by atoms with Gasteiger partial charge in [0.25, 0.3) is 5.89 Å². The van der Waals surface area contributed by atoms with Crippen molar-refractivity contribution in [2.75, 3.05) is 5.73 Å². The molecule has 1 aliphatic carbocycles. The fourth-order valence-electron chi connectivity index (χ4n) is 1.92. The van der Waals surface area contributed by atoms with Gasteiger partial charge >= 0.3 is 0 Å². The molecule has 18 heavy (non-hydrogen) atoms. The van der Waals surface area contributed by atoms with Crippen molar-refractivity contribution >= 4 is 17.8 Å². The molecule has 2 N–H and O–H groups in total. The van der Waals surface area contributed by atoms with Crippen LogP contribution >= 0.6 is 0 Å². The minimum Gasteiger partial charge on any atom is -0.399 e. The predicted molar refractivity (Wildman–Crippen MR) is 70.6 cm³/mol. The van der Waals surface area contributed by atoms with Crippen molar-refractivity contribution < 1.29 is 4.52 Å². The zero-order valence-corrected chi connectivity index (χ0v) is 10.2. The Morgan fingerprint density at radius 2 is 2.00 bits per heavy atom. The second-order valence-electron chi connectivity index (χ2n) is 4.81. The number of nitrogen functional groups attached to an aromatic ring is 1. The minimum absolute atomic E-state index is 0.493. The van der Waals surface area contributed by atoms with Crippen LogP contribution in [-0.4, -0.2) is 10.1 Å². The number of hydrogen-bond donors (Lipinski definition) is 1. The summed E-state index contributed by atoms with van der Waals surface area (Å²) < 4.78 is 5.19. The van der Waals surface area contributed by atoms with E-state index in [2.05, 4.69) is 17.1 Å². The van der Waals surface area contributed by atoms with Crippen LogP contribution in [0, 0.1) is 5.92 Å². The Labute approximate surface area is 106 Å². The molecule has 0 saturated heterocycles. The van der Waals surface area contributed by atoms with Gasteiger partial charge < -0.3 is 10.3 Å². The third-order valence-electron chi connectivity index (χ3n) is 3.25. The summed E-state index contributed by atoms with van der Waals surface area (Å²) in [5.74, 6) is 2.57. The van der Waals surface area contributed by atoms with Crippen LogP contribution in [0.1, 0.15) is 36.5 Å². The highest BCUT2D eigenvalue weighted by atomic mass is 16.5. The van der Waals surface area contributed by atoms with Crippen molar-refractivity contribution in [3.63, 3.8) is 0 Å². The lowest BCUT2D eigenvalue weighted by Crippen LogP contribution is -1.84. The molecule has 0 amide bonds. The second kappa shape index (κ2) is 4.29. The van der Waals surface area contributed by atoms with Gasteiger partial charge in [-0.05, 0) is 36.1 Å². The molecule has 1 saturated carbocycles. The Morgan fingerprint density at radius 1 is 1.28 bits per heavy atom. The van der Waals surface area contributed by atoms with Gasteiger partial charge in [-0.15, -0.1) is 0 Å². The molecule has 3 rings (SSSR count). The van der Waals surface area contributed by atoms with E-state index in [4.69, 9.17) is 10.3 Å². The number of rotatable bonds is 3. The number of anilines is 1. The van der Waals surface area contributed by atoms with Gasteiger partial charge in [-0.3, -0.25) is 0 Å². The van der Waals surface area contributed by atoms with E-state index in [1.54, 1.807) is 0 Å². The number of nitrogens with two attached hydrogens (primary N) is 1. The Hall–Kier alpha value is -2.10. The summed E-state index contributed by atoms with van der Waals surface area (Å²) in [4.78, 5) is 4.37. The van der Waals surface area contributed by atoms with E-state index in [1.807, 2.05) is 36.4 Å². The normalized spacial score (nSPS) is 22.5. The molecule has 0 aliphatic heterocycles. The van der Waals surface area contributed by atoms with Gasteiger partial charge in [-0.2, -0.15) is 4.98 Å². The van der Waals surface area contributed by atoms with Crippen molar-refractivity contribution in [2.24, 2.45) is 5.92 Å². The van der Waals surface area contributed by atoms with E-state index in [9.17, 15) is 0 Å². The molecule has 1 aromatic carbocycles. The highest BCUT2D eigenvalue weighted by Gasteiger charge is 2.37. The number of aromatic nitrogens is 2. The molecule has 1 aromatic heterocycles. The summed E-state index contributed by atoms with van der Waals surface area (Å²) in [7, 11) is 0. The van der Waals surface area contributed by atoms with Gasteiger partial charge in [0.05, 0.1) is 0 Å². The van der Waals surface area contributed by atoms with Crippen molar-refractivity contribution in [1.29, 1.82) is 0 Å². The van der Waals surface area contributed by atoms with Gasteiger partial charge in [0.15, 0.2) is 5.82 Å². The lowest BCUT2D eigenvalue weighted by Gasteiger charge is -1.93. The first kappa shape index (κ1) is 11.0. The van der Waals surface area contributed by atoms with Gasteiger partial charge in [-0.1, -0.05) is 24.2 Å². The summed E-state index contributed by atoms with van der Waals surface area (Å²) in [6, 6.07) is 7.63. The third kappa shape index (κ3) is 2.27. The number of benzene rings is 1. The van der Waals surface area contributed by atoms with E-state index >= 15 is 0 Å². The van der Waals surface area contributed by atoms with Crippen LogP contribution in [0.5, 0.6) is 0 Å². The summed E-state index contributed by atoms with van der Waals surface area (Å²) >= 11 is 0. The first-order chi connectivity index (χ1) is 8.72. The topological polar surface area (TPSA) is 64.9 Å². The van der Waals surface area contributed by atoms with Crippen LogP contribution in [0.3, 0.4) is 0 Å². The number of nitrogens with zero attached hydrogens (tertiary/aromatic N) is 2. The monoisotopic (exact) mass is 241 g/mol. The first-order valence-corrected chi connectivity index (χ1v) is 6.09. The molecule has 0 radical (unpaired) electrons. The van der Waals surface area contributed by atoms with Crippen LogP contribution in [0.15, 0.2) is 28.8 Å². The fourth-order valence-corrected chi connectivity index (χ4v) is 1.92. The van der Waals surface area contributed by atoms with E-state index in [1.165, 1.54) is 6.42 Å². The first-order valence-electron chi connectivity index (χ1n) is 6.09. The summed E-state index contributed by atoms with van der Waals surface area (Å²) in [5, 5.41) is 4.00. The fraction of sp³-hybridized carbons (Fsp3) is 0.286. The van der Waals surface area contributed by atoms with Crippen molar-refractivity contribution in [3.05, 3.63) is 41.5 Å². The van der Waals surface area contributed by atoms with Crippen molar-refractivity contribution in [1.82, 2.24) is 10.1 Å². The smallest absolute Gasteiger partial charge is 0.250 e. The van der Waals surface area contributed by atoms with Crippen LogP contribution in [-0.2, 0) is 0 Å². The molecule has 2 aromatic rings. The molecule has 0 bridgehead atoms. The number of hydrogen-bond acceptors (Lipinski definition) is 4. The van der Waals surface area contributed by atoms with Crippen LogP contribution in [0.2, 0.25) is 0 Å². The van der Waals surface area contributed by atoms with Crippen LogP contribution in [0.25, 0.3) is 12.2 Å².